The first-order valence-corrected chi connectivity index (χ1v) is 7.46. The van der Waals surface area contributed by atoms with Gasteiger partial charge in [0.05, 0.1) is 4.90 Å². The van der Waals surface area contributed by atoms with Gasteiger partial charge in [-0.1, -0.05) is 12.1 Å². The quantitative estimate of drug-likeness (QED) is 0.811. The van der Waals surface area contributed by atoms with E-state index < -0.39 is 9.84 Å². The molecular weight excluding hydrogens is 248 g/mol. The van der Waals surface area contributed by atoms with Gasteiger partial charge < -0.3 is 10.2 Å². The van der Waals surface area contributed by atoms with Crippen molar-refractivity contribution in [2.24, 2.45) is 0 Å². The summed E-state index contributed by atoms with van der Waals surface area (Å²) in [5.74, 6) is 0. The molecule has 1 heterocycles. The van der Waals surface area contributed by atoms with Crippen LogP contribution in [-0.4, -0.2) is 40.5 Å². The zero-order valence-corrected chi connectivity index (χ0v) is 11.5. The predicted octanol–water partition coefficient (Wildman–Crippen LogP) is 1.10. The molecule has 0 radical (unpaired) electrons. The van der Waals surface area contributed by atoms with Crippen LogP contribution in [0.5, 0.6) is 0 Å². The molecule has 1 aromatic rings. The second-order valence-electron chi connectivity index (χ2n) is 4.66. The summed E-state index contributed by atoms with van der Waals surface area (Å²) < 4.78 is 23.4. The smallest absolute Gasteiger partial charge is 0.200 e. The Morgan fingerprint density at radius 2 is 2.06 bits per heavy atom. The highest BCUT2D eigenvalue weighted by Gasteiger charge is 2.21. The van der Waals surface area contributed by atoms with Crippen LogP contribution in [0.25, 0.3) is 6.08 Å². The summed E-state index contributed by atoms with van der Waals surface area (Å²) in [7, 11) is 0.861. The molecule has 4 nitrogen and oxygen atoms in total. The van der Waals surface area contributed by atoms with Crippen molar-refractivity contribution in [1.29, 1.82) is 0 Å². The minimum Gasteiger partial charge on any atom is -0.311 e. The molecule has 0 saturated carbocycles. The molecule has 0 bridgehead atoms. The first-order chi connectivity index (χ1) is 8.50. The second-order valence-corrected chi connectivity index (χ2v) is 6.46. The van der Waals surface area contributed by atoms with Gasteiger partial charge in [0.2, 0.25) is 0 Å². The Hall–Kier alpha value is -1.17. The van der Waals surface area contributed by atoms with E-state index >= 15 is 0 Å². The zero-order chi connectivity index (χ0) is 13.2. The molecule has 98 valence electrons. The molecule has 0 spiro atoms. The third-order valence-corrected chi connectivity index (χ3v) is 4.39. The Balaban J connectivity index is 2.08. The van der Waals surface area contributed by atoms with Gasteiger partial charge in [-0.25, -0.2) is 8.42 Å². The lowest BCUT2D eigenvalue weighted by Crippen LogP contribution is -2.26. The van der Waals surface area contributed by atoms with Crippen LogP contribution >= 0.6 is 0 Å². The summed E-state index contributed by atoms with van der Waals surface area (Å²) in [5.41, 5.74) is 1.86. The van der Waals surface area contributed by atoms with Crippen molar-refractivity contribution in [3.05, 3.63) is 34.7 Å². The van der Waals surface area contributed by atoms with Gasteiger partial charge in [0.1, 0.15) is 0 Å². The third-order valence-electron chi connectivity index (χ3n) is 2.93. The molecule has 0 unspecified atom stereocenters. The highest BCUT2D eigenvalue weighted by Crippen LogP contribution is 2.29. The van der Waals surface area contributed by atoms with Crippen LogP contribution in [0.1, 0.15) is 11.1 Å². The zero-order valence-electron chi connectivity index (χ0n) is 10.7. The Kier molecular flexibility index (Phi) is 3.85. The SMILES string of the molecule is CN(C)CCNCc1cccc2c1C=CS2(=O)=O. The maximum atomic E-state index is 11.7. The van der Waals surface area contributed by atoms with Crippen LogP contribution in [0, 0.1) is 0 Å². The maximum absolute atomic E-state index is 11.7. The largest absolute Gasteiger partial charge is 0.311 e. The van der Waals surface area contributed by atoms with Crippen molar-refractivity contribution in [2.45, 2.75) is 11.4 Å². The minimum atomic E-state index is -3.19. The van der Waals surface area contributed by atoms with Crippen molar-refractivity contribution >= 4 is 15.9 Å². The van der Waals surface area contributed by atoms with E-state index in [1.165, 1.54) is 5.41 Å². The van der Waals surface area contributed by atoms with Crippen molar-refractivity contribution in [3.63, 3.8) is 0 Å². The third kappa shape index (κ3) is 2.80. The highest BCUT2D eigenvalue weighted by atomic mass is 32.2. The molecule has 0 aliphatic carbocycles. The predicted molar refractivity (Wildman–Crippen MR) is 72.9 cm³/mol. The van der Waals surface area contributed by atoms with E-state index in [1.807, 2.05) is 20.2 Å². The van der Waals surface area contributed by atoms with Crippen molar-refractivity contribution < 1.29 is 8.42 Å². The van der Waals surface area contributed by atoms with Crippen molar-refractivity contribution in [3.8, 4) is 0 Å². The molecule has 0 amide bonds. The molecular formula is C13H18N2O2S. The van der Waals surface area contributed by atoms with Gasteiger partial charge in [-0.2, -0.15) is 0 Å². The van der Waals surface area contributed by atoms with E-state index in [4.69, 9.17) is 0 Å². The Labute approximate surface area is 108 Å². The summed E-state index contributed by atoms with van der Waals surface area (Å²) in [6, 6.07) is 5.42. The van der Waals surface area contributed by atoms with Crippen molar-refractivity contribution in [1.82, 2.24) is 10.2 Å². The van der Waals surface area contributed by atoms with Crippen LogP contribution in [0.2, 0.25) is 0 Å². The number of likely N-dealkylation sites (N-methyl/N-ethyl adjacent to an activating group) is 1. The van der Waals surface area contributed by atoms with Crippen molar-refractivity contribution in [2.75, 3.05) is 27.2 Å². The average Bonchev–Trinajstić information content (AvgIpc) is 2.62. The number of hydrogen-bond donors (Lipinski definition) is 1. The molecule has 0 fully saturated rings. The minimum absolute atomic E-state index is 0.425. The van der Waals surface area contributed by atoms with Crippen LogP contribution < -0.4 is 5.32 Å². The van der Waals surface area contributed by atoms with Gasteiger partial charge in [0.25, 0.3) is 0 Å². The summed E-state index contributed by atoms with van der Waals surface area (Å²) >= 11 is 0. The van der Waals surface area contributed by atoms with Gasteiger partial charge in [-0.05, 0) is 37.4 Å². The number of nitrogens with zero attached hydrogens (tertiary/aromatic N) is 1. The Morgan fingerprint density at radius 3 is 2.78 bits per heavy atom. The van der Waals surface area contributed by atoms with E-state index in [2.05, 4.69) is 10.2 Å². The fourth-order valence-electron chi connectivity index (χ4n) is 1.94. The first-order valence-electron chi connectivity index (χ1n) is 5.91. The lowest BCUT2D eigenvalue weighted by atomic mass is 10.1. The van der Waals surface area contributed by atoms with Gasteiger partial charge in [-0.3, -0.25) is 0 Å². The monoisotopic (exact) mass is 266 g/mol. The summed E-state index contributed by atoms with van der Waals surface area (Å²) in [4.78, 5) is 2.53. The lowest BCUT2D eigenvalue weighted by molar-refractivity contribution is 0.400. The molecule has 0 aromatic heterocycles. The number of benzene rings is 1. The highest BCUT2D eigenvalue weighted by molar-refractivity contribution is 7.94. The molecule has 0 atom stereocenters. The van der Waals surface area contributed by atoms with Gasteiger partial charge >= 0.3 is 0 Å². The van der Waals surface area contributed by atoms with Crippen LogP contribution in [0.15, 0.2) is 28.5 Å². The van der Waals surface area contributed by atoms with Crippen LogP contribution in [0.3, 0.4) is 0 Å². The number of rotatable bonds is 5. The van der Waals surface area contributed by atoms with Gasteiger partial charge in [0, 0.05) is 25.0 Å². The molecule has 1 aliphatic heterocycles. The van der Waals surface area contributed by atoms with E-state index in [9.17, 15) is 8.42 Å². The van der Waals surface area contributed by atoms with Crippen LogP contribution in [-0.2, 0) is 16.4 Å². The summed E-state index contributed by atoms with van der Waals surface area (Å²) in [5, 5.41) is 4.60. The Morgan fingerprint density at radius 1 is 1.28 bits per heavy atom. The van der Waals surface area contributed by atoms with Crippen LogP contribution in [0.4, 0.5) is 0 Å². The fourth-order valence-corrected chi connectivity index (χ4v) is 3.17. The normalized spacial score (nSPS) is 16.2. The maximum Gasteiger partial charge on any atom is 0.200 e. The second kappa shape index (κ2) is 5.22. The number of nitrogens with one attached hydrogen (secondary N) is 1. The lowest BCUT2D eigenvalue weighted by Gasteiger charge is -2.11. The molecule has 1 N–H and O–H groups in total. The molecule has 0 saturated heterocycles. The molecule has 18 heavy (non-hydrogen) atoms. The first kappa shape index (κ1) is 13.3. The van der Waals surface area contributed by atoms with Gasteiger partial charge in [0.15, 0.2) is 9.84 Å². The summed E-state index contributed by atoms with van der Waals surface area (Å²) in [6.45, 7) is 2.53. The van der Waals surface area contributed by atoms with E-state index in [-0.39, 0.29) is 0 Å². The summed E-state index contributed by atoms with van der Waals surface area (Å²) in [6.07, 6.45) is 1.69. The number of fused-ring (bicyclic) bond motifs is 1. The Bertz CT molecular complexity index is 562. The molecule has 1 aromatic carbocycles. The molecule has 5 heteroatoms. The number of sulfone groups is 1. The molecule has 1 aliphatic rings. The fraction of sp³-hybridized carbons (Fsp3) is 0.385. The standard InChI is InChI=1S/C13H18N2O2S/c1-15(2)8-7-14-10-11-4-3-5-13-12(11)6-9-18(13,16)17/h3-6,9,14H,7-8,10H2,1-2H3. The van der Waals surface area contributed by atoms with E-state index in [1.54, 1.807) is 18.2 Å². The topological polar surface area (TPSA) is 49.4 Å². The van der Waals surface area contributed by atoms with E-state index in [0.29, 0.717) is 11.4 Å². The number of hydrogen-bond acceptors (Lipinski definition) is 4. The average molecular weight is 266 g/mol. The van der Waals surface area contributed by atoms with Gasteiger partial charge in [-0.15, -0.1) is 0 Å². The van der Waals surface area contributed by atoms with E-state index in [0.717, 1.165) is 24.2 Å². The molecule has 2 rings (SSSR count).